The molecule has 0 aromatic heterocycles. The average molecular weight is 253 g/mol. The van der Waals surface area contributed by atoms with Crippen LogP contribution in [0.5, 0.6) is 0 Å². The molecule has 2 fully saturated rings. The van der Waals surface area contributed by atoms with Crippen LogP contribution in [0.2, 0.25) is 0 Å². The summed E-state index contributed by atoms with van der Waals surface area (Å²) in [6.45, 7) is 5.13. The lowest BCUT2D eigenvalue weighted by Gasteiger charge is -2.33. The molecule has 3 unspecified atom stereocenters. The average Bonchev–Trinajstić information content (AvgIpc) is 2.37. The fraction of sp³-hybridized carbons (Fsp3) is 0.929. The van der Waals surface area contributed by atoms with E-state index >= 15 is 0 Å². The Kier molecular flexibility index (Phi) is 5.01. The maximum absolute atomic E-state index is 12.1. The van der Waals surface area contributed by atoms with Crippen molar-refractivity contribution in [2.45, 2.75) is 51.1 Å². The van der Waals surface area contributed by atoms with Crippen LogP contribution in [0.3, 0.4) is 0 Å². The first-order valence-electron chi connectivity index (χ1n) is 7.38. The van der Waals surface area contributed by atoms with Crippen molar-refractivity contribution < 1.29 is 4.79 Å². The Balaban J connectivity index is 1.73. The van der Waals surface area contributed by atoms with E-state index in [-0.39, 0.29) is 11.8 Å². The van der Waals surface area contributed by atoms with Gasteiger partial charge in [-0.05, 0) is 52.7 Å². The number of amides is 1. The Labute approximate surface area is 110 Å². The van der Waals surface area contributed by atoms with E-state index in [4.69, 9.17) is 0 Å². The van der Waals surface area contributed by atoms with Crippen LogP contribution < -0.4 is 10.6 Å². The fourth-order valence-corrected chi connectivity index (χ4v) is 3.13. The molecule has 0 saturated carbocycles. The number of rotatable bonds is 3. The second-order valence-corrected chi connectivity index (χ2v) is 5.95. The van der Waals surface area contributed by atoms with Gasteiger partial charge in [-0.25, -0.2) is 0 Å². The molecule has 2 N–H and O–H groups in total. The molecule has 0 aromatic rings. The summed E-state index contributed by atoms with van der Waals surface area (Å²) >= 11 is 0. The molecule has 1 amide bonds. The molecule has 3 atom stereocenters. The number of nitrogens with zero attached hydrogens (tertiary/aromatic N) is 1. The highest BCUT2D eigenvalue weighted by Gasteiger charge is 2.26. The van der Waals surface area contributed by atoms with Gasteiger partial charge in [-0.2, -0.15) is 0 Å². The number of carbonyl (C=O) groups excluding carboxylic acids is 1. The predicted molar refractivity (Wildman–Crippen MR) is 73.5 cm³/mol. The van der Waals surface area contributed by atoms with Gasteiger partial charge in [0.2, 0.25) is 5.91 Å². The van der Waals surface area contributed by atoms with Crippen molar-refractivity contribution in [1.29, 1.82) is 0 Å². The van der Waals surface area contributed by atoms with Crippen LogP contribution in [0.1, 0.15) is 39.0 Å². The van der Waals surface area contributed by atoms with Gasteiger partial charge in [-0.15, -0.1) is 0 Å². The maximum atomic E-state index is 12.1. The Bertz CT molecular complexity index is 282. The quantitative estimate of drug-likeness (QED) is 0.788. The number of likely N-dealkylation sites (N-methyl/N-ethyl adjacent to an activating group) is 1. The third-order valence-electron chi connectivity index (χ3n) is 4.43. The summed E-state index contributed by atoms with van der Waals surface area (Å²) in [7, 11) is 2.17. The highest BCUT2D eigenvalue weighted by Crippen LogP contribution is 2.17. The topological polar surface area (TPSA) is 44.4 Å². The standard InChI is InChI=1S/C14H27N3O/c1-11-9-12(6-7-15-11)14(18)16-10-13-5-3-4-8-17(13)2/h11-13,15H,3-10H2,1-2H3,(H,16,18). The Morgan fingerprint density at radius 3 is 2.94 bits per heavy atom. The lowest BCUT2D eigenvalue weighted by atomic mass is 9.92. The largest absolute Gasteiger partial charge is 0.354 e. The van der Waals surface area contributed by atoms with Gasteiger partial charge in [0.1, 0.15) is 0 Å². The van der Waals surface area contributed by atoms with E-state index in [0.717, 1.165) is 25.9 Å². The van der Waals surface area contributed by atoms with E-state index < -0.39 is 0 Å². The van der Waals surface area contributed by atoms with Crippen molar-refractivity contribution in [3.63, 3.8) is 0 Å². The molecule has 0 aliphatic carbocycles. The number of hydrogen-bond acceptors (Lipinski definition) is 3. The van der Waals surface area contributed by atoms with E-state index in [1.165, 1.54) is 25.8 Å². The Hall–Kier alpha value is -0.610. The second kappa shape index (κ2) is 6.53. The first-order chi connectivity index (χ1) is 8.66. The molecular formula is C14H27N3O. The summed E-state index contributed by atoms with van der Waals surface area (Å²) in [5, 5.41) is 6.56. The number of carbonyl (C=O) groups is 1. The predicted octanol–water partition coefficient (Wildman–Crippen LogP) is 0.975. The van der Waals surface area contributed by atoms with Crippen molar-refractivity contribution in [3.05, 3.63) is 0 Å². The zero-order valence-corrected chi connectivity index (χ0v) is 11.7. The molecule has 4 heteroatoms. The molecular weight excluding hydrogens is 226 g/mol. The van der Waals surface area contributed by atoms with Gasteiger partial charge in [-0.3, -0.25) is 4.79 Å². The highest BCUT2D eigenvalue weighted by molar-refractivity contribution is 5.78. The lowest BCUT2D eigenvalue weighted by Crippen LogP contribution is -2.48. The van der Waals surface area contributed by atoms with Crippen molar-refractivity contribution in [3.8, 4) is 0 Å². The van der Waals surface area contributed by atoms with Gasteiger partial charge in [0.05, 0.1) is 0 Å². The Morgan fingerprint density at radius 1 is 1.39 bits per heavy atom. The first kappa shape index (κ1) is 13.8. The highest BCUT2D eigenvalue weighted by atomic mass is 16.1. The summed E-state index contributed by atoms with van der Waals surface area (Å²) in [6.07, 6.45) is 5.78. The van der Waals surface area contributed by atoms with Crippen LogP contribution in [-0.4, -0.2) is 49.6 Å². The summed E-state index contributed by atoms with van der Waals surface area (Å²) in [5.41, 5.74) is 0. The molecule has 2 rings (SSSR count). The Morgan fingerprint density at radius 2 is 2.22 bits per heavy atom. The number of likely N-dealkylation sites (tertiary alicyclic amines) is 1. The summed E-state index contributed by atoms with van der Waals surface area (Å²) in [6, 6.07) is 1.02. The van der Waals surface area contributed by atoms with E-state index in [2.05, 4.69) is 29.5 Å². The fourth-order valence-electron chi connectivity index (χ4n) is 3.13. The van der Waals surface area contributed by atoms with E-state index in [1.54, 1.807) is 0 Å². The minimum atomic E-state index is 0.218. The molecule has 0 radical (unpaired) electrons. The maximum Gasteiger partial charge on any atom is 0.223 e. The first-order valence-corrected chi connectivity index (χ1v) is 7.38. The van der Waals surface area contributed by atoms with E-state index in [0.29, 0.717) is 12.1 Å². The molecule has 2 aliphatic rings. The van der Waals surface area contributed by atoms with Crippen molar-refractivity contribution in [2.24, 2.45) is 5.92 Å². The minimum absolute atomic E-state index is 0.218. The second-order valence-electron chi connectivity index (χ2n) is 5.95. The van der Waals surface area contributed by atoms with Crippen molar-refractivity contribution in [2.75, 3.05) is 26.7 Å². The molecule has 0 spiro atoms. The summed E-state index contributed by atoms with van der Waals surface area (Å²) in [4.78, 5) is 14.5. The number of hydrogen-bond donors (Lipinski definition) is 2. The molecule has 104 valence electrons. The third kappa shape index (κ3) is 3.69. The molecule has 2 saturated heterocycles. The van der Waals surface area contributed by atoms with Crippen LogP contribution in [-0.2, 0) is 4.79 Å². The van der Waals surface area contributed by atoms with Crippen LogP contribution in [0, 0.1) is 5.92 Å². The van der Waals surface area contributed by atoms with Gasteiger partial charge in [0.25, 0.3) is 0 Å². The molecule has 0 bridgehead atoms. The SMILES string of the molecule is CC1CC(C(=O)NCC2CCCCN2C)CCN1. The van der Waals surface area contributed by atoms with Gasteiger partial charge in [0.15, 0.2) is 0 Å². The third-order valence-corrected chi connectivity index (χ3v) is 4.43. The molecule has 4 nitrogen and oxygen atoms in total. The van der Waals surface area contributed by atoms with Crippen LogP contribution in [0.4, 0.5) is 0 Å². The van der Waals surface area contributed by atoms with Gasteiger partial charge in [-0.1, -0.05) is 6.42 Å². The van der Waals surface area contributed by atoms with Crippen LogP contribution in [0.15, 0.2) is 0 Å². The number of nitrogens with one attached hydrogen (secondary N) is 2. The van der Waals surface area contributed by atoms with Gasteiger partial charge >= 0.3 is 0 Å². The van der Waals surface area contributed by atoms with E-state index in [1.807, 2.05) is 0 Å². The molecule has 2 aliphatic heterocycles. The summed E-state index contributed by atoms with van der Waals surface area (Å²) < 4.78 is 0. The van der Waals surface area contributed by atoms with Gasteiger partial charge in [0, 0.05) is 24.5 Å². The lowest BCUT2D eigenvalue weighted by molar-refractivity contribution is -0.126. The smallest absolute Gasteiger partial charge is 0.223 e. The molecule has 0 aromatic carbocycles. The monoisotopic (exact) mass is 253 g/mol. The van der Waals surface area contributed by atoms with Crippen LogP contribution in [0.25, 0.3) is 0 Å². The molecule has 2 heterocycles. The minimum Gasteiger partial charge on any atom is -0.354 e. The zero-order chi connectivity index (χ0) is 13.0. The zero-order valence-electron chi connectivity index (χ0n) is 11.7. The number of piperidine rings is 2. The van der Waals surface area contributed by atoms with Crippen molar-refractivity contribution >= 4 is 5.91 Å². The summed E-state index contributed by atoms with van der Waals surface area (Å²) in [5.74, 6) is 0.484. The molecule has 18 heavy (non-hydrogen) atoms. The van der Waals surface area contributed by atoms with Gasteiger partial charge < -0.3 is 15.5 Å². The van der Waals surface area contributed by atoms with Crippen molar-refractivity contribution in [1.82, 2.24) is 15.5 Å². The van der Waals surface area contributed by atoms with E-state index in [9.17, 15) is 4.79 Å². The normalized spacial score (nSPS) is 34.2. The van der Waals surface area contributed by atoms with Crippen LogP contribution >= 0.6 is 0 Å².